The summed E-state index contributed by atoms with van der Waals surface area (Å²) in [5, 5.41) is 0. The monoisotopic (exact) mass is 306 g/mol. The van der Waals surface area contributed by atoms with Gasteiger partial charge in [-0.1, -0.05) is 19.3 Å². The van der Waals surface area contributed by atoms with E-state index in [0.717, 1.165) is 32.2 Å². The van der Waals surface area contributed by atoms with Crippen LogP contribution in [-0.4, -0.2) is 47.7 Å². The van der Waals surface area contributed by atoms with Crippen molar-refractivity contribution in [2.45, 2.75) is 51.4 Å². The third-order valence-corrected chi connectivity index (χ3v) is 5.66. The molecule has 5 heteroatoms. The summed E-state index contributed by atoms with van der Waals surface area (Å²) < 4.78 is 0. The van der Waals surface area contributed by atoms with E-state index >= 15 is 0 Å². The zero-order chi connectivity index (χ0) is 15.7. The highest BCUT2D eigenvalue weighted by Crippen LogP contribution is 2.38. The molecule has 3 fully saturated rings. The molecule has 3 rings (SSSR count). The summed E-state index contributed by atoms with van der Waals surface area (Å²) >= 11 is 0. The van der Waals surface area contributed by atoms with Crippen molar-refractivity contribution < 1.29 is 14.4 Å². The minimum atomic E-state index is -0.107. The minimum Gasteiger partial charge on any atom is -0.345 e. The number of amides is 3. The van der Waals surface area contributed by atoms with E-state index in [2.05, 4.69) is 0 Å². The molecule has 0 aromatic rings. The van der Waals surface area contributed by atoms with E-state index in [9.17, 15) is 14.4 Å². The quantitative estimate of drug-likeness (QED) is 0.728. The van der Waals surface area contributed by atoms with Gasteiger partial charge in [-0.15, -0.1) is 0 Å². The zero-order valence-corrected chi connectivity index (χ0v) is 13.4. The van der Waals surface area contributed by atoms with Gasteiger partial charge in [-0.3, -0.25) is 19.3 Å². The lowest BCUT2D eigenvalue weighted by atomic mass is 9.81. The van der Waals surface area contributed by atoms with Crippen LogP contribution in [0.3, 0.4) is 0 Å². The molecule has 0 unspecified atom stereocenters. The maximum Gasteiger partial charge on any atom is 0.233 e. The minimum absolute atomic E-state index is 0.0378. The average Bonchev–Trinajstić information content (AvgIpc) is 2.73. The Morgan fingerprint density at radius 2 is 1.64 bits per heavy atom. The van der Waals surface area contributed by atoms with Gasteiger partial charge in [0.2, 0.25) is 17.7 Å². The molecular weight excluding hydrogens is 280 g/mol. The third-order valence-electron chi connectivity index (χ3n) is 5.66. The fourth-order valence-electron chi connectivity index (χ4n) is 4.01. The van der Waals surface area contributed by atoms with E-state index in [1.54, 1.807) is 4.90 Å². The number of nitrogens with zero attached hydrogens (tertiary/aromatic N) is 2. The molecule has 0 aromatic carbocycles. The van der Waals surface area contributed by atoms with Gasteiger partial charge >= 0.3 is 0 Å². The molecule has 3 amide bonds. The number of carbonyl (C=O) groups excluding carboxylic acids is 3. The Kier molecular flexibility index (Phi) is 4.50. The van der Waals surface area contributed by atoms with Crippen LogP contribution in [0.25, 0.3) is 0 Å². The first-order valence-corrected chi connectivity index (χ1v) is 8.67. The van der Waals surface area contributed by atoms with Gasteiger partial charge in [-0.05, 0) is 31.6 Å². The highest BCUT2D eigenvalue weighted by molar-refractivity contribution is 6.05. The van der Waals surface area contributed by atoms with Crippen molar-refractivity contribution in [1.82, 2.24) is 9.80 Å². The second-order valence-electron chi connectivity index (χ2n) is 7.15. The van der Waals surface area contributed by atoms with Crippen LogP contribution in [0.1, 0.15) is 51.4 Å². The summed E-state index contributed by atoms with van der Waals surface area (Å²) in [5.41, 5.74) is 0. The van der Waals surface area contributed by atoms with Crippen LogP contribution in [0.4, 0.5) is 0 Å². The number of imide groups is 1. The summed E-state index contributed by atoms with van der Waals surface area (Å²) in [6.07, 6.45) is 7.71. The highest BCUT2D eigenvalue weighted by Gasteiger charge is 2.47. The molecule has 1 aliphatic heterocycles. The van der Waals surface area contributed by atoms with E-state index in [1.165, 1.54) is 24.2 Å². The van der Waals surface area contributed by atoms with Crippen LogP contribution in [-0.2, 0) is 14.4 Å². The third kappa shape index (κ3) is 2.90. The van der Waals surface area contributed by atoms with Crippen LogP contribution >= 0.6 is 0 Å². The van der Waals surface area contributed by atoms with Gasteiger partial charge in [0.1, 0.15) is 0 Å². The van der Waals surface area contributed by atoms with Crippen molar-refractivity contribution in [2.75, 3.05) is 20.1 Å². The fraction of sp³-hybridized carbons (Fsp3) is 0.824. The molecule has 2 atom stereocenters. The highest BCUT2D eigenvalue weighted by atomic mass is 16.2. The number of hydrogen-bond acceptors (Lipinski definition) is 3. The maximum atomic E-state index is 12.3. The van der Waals surface area contributed by atoms with Crippen LogP contribution in [0.15, 0.2) is 0 Å². The van der Waals surface area contributed by atoms with Crippen molar-refractivity contribution in [1.29, 1.82) is 0 Å². The summed E-state index contributed by atoms with van der Waals surface area (Å²) in [6.45, 7) is 1.07. The molecule has 2 saturated carbocycles. The van der Waals surface area contributed by atoms with Crippen molar-refractivity contribution in [3.05, 3.63) is 0 Å². The van der Waals surface area contributed by atoms with E-state index in [1.807, 2.05) is 7.05 Å². The van der Waals surface area contributed by atoms with Gasteiger partial charge in [-0.2, -0.15) is 0 Å². The standard InChI is InChI=1S/C17H26N2O3/c1-18(11-12-5-4-6-12)15(20)9-10-19-16(21)13-7-2-3-8-14(13)17(19)22/h12-14H,2-11H2,1H3/t13-,14+. The van der Waals surface area contributed by atoms with Gasteiger partial charge in [0.25, 0.3) is 0 Å². The Balaban J connectivity index is 1.51. The lowest BCUT2D eigenvalue weighted by Crippen LogP contribution is -2.38. The van der Waals surface area contributed by atoms with Gasteiger partial charge in [0.15, 0.2) is 0 Å². The number of carbonyl (C=O) groups is 3. The fourth-order valence-corrected chi connectivity index (χ4v) is 4.01. The Morgan fingerprint density at radius 3 is 2.14 bits per heavy atom. The lowest BCUT2D eigenvalue weighted by molar-refractivity contribution is -0.140. The normalized spacial score (nSPS) is 28.5. The van der Waals surface area contributed by atoms with Crippen molar-refractivity contribution >= 4 is 17.7 Å². The number of hydrogen-bond donors (Lipinski definition) is 0. The molecule has 0 spiro atoms. The van der Waals surface area contributed by atoms with Crippen molar-refractivity contribution in [2.24, 2.45) is 17.8 Å². The summed E-state index contributed by atoms with van der Waals surface area (Å²) in [5.74, 6) is 0.399. The summed E-state index contributed by atoms with van der Waals surface area (Å²) in [7, 11) is 1.83. The Bertz CT molecular complexity index is 449. The number of rotatable bonds is 5. The first-order valence-electron chi connectivity index (χ1n) is 8.67. The van der Waals surface area contributed by atoms with Gasteiger partial charge in [0, 0.05) is 26.6 Å². The Hall–Kier alpha value is -1.39. The average molecular weight is 306 g/mol. The predicted octanol–water partition coefficient (Wildman–Crippen LogP) is 1.81. The zero-order valence-electron chi connectivity index (χ0n) is 13.4. The molecule has 122 valence electrons. The molecule has 0 bridgehead atoms. The molecule has 1 saturated heterocycles. The van der Waals surface area contributed by atoms with Crippen molar-refractivity contribution in [3.8, 4) is 0 Å². The molecule has 0 N–H and O–H groups in total. The molecule has 0 radical (unpaired) electrons. The first-order chi connectivity index (χ1) is 10.6. The molecule has 2 aliphatic carbocycles. The molecule has 1 heterocycles. The lowest BCUT2D eigenvalue weighted by Gasteiger charge is -2.30. The molecule has 22 heavy (non-hydrogen) atoms. The van der Waals surface area contributed by atoms with E-state index in [4.69, 9.17) is 0 Å². The second kappa shape index (κ2) is 6.39. The van der Waals surface area contributed by atoms with Crippen LogP contribution in [0.5, 0.6) is 0 Å². The summed E-state index contributed by atoms with van der Waals surface area (Å²) in [6, 6.07) is 0. The Morgan fingerprint density at radius 1 is 1.05 bits per heavy atom. The topological polar surface area (TPSA) is 57.7 Å². The Labute approximate surface area is 132 Å². The second-order valence-corrected chi connectivity index (χ2v) is 7.15. The SMILES string of the molecule is CN(CC1CCC1)C(=O)CCN1C(=O)[C@H]2CCCC[C@H]2C1=O. The van der Waals surface area contributed by atoms with Crippen LogP contribution in [0.2, 0.25) is 0 Å². The molecular formula is C17H26N2O3. The van der Waals surface area contributed by atoms with E-state index < -0.39 is 0 Å². The van der Waals surface area contributed by atoms with E-state index in [-0.39, 0.29) is 42.5 Å². The molecule has 3 aliphatic rings. The maximum absolute atomic E-state index is 12.3. The molecule has 0 aromatic heterocycles. The molecule has 5 nitrogen and oxygen atoms in total. The van der Waals surface area contributed by atoms with E-state index in [0.29, 0.717) is 5.92 Å². The number of likely N-dealkylation sites (tertiary alicyclic amines) is 1. The first kappa shape index (κ1) is 15.5. The van der Waals surface area contributed by atoms with Gasteiger partial charge in [0.05, 0.1) is 11.8 Å². The van der Waals surface area contributed by atoms with Crippen molar-refractivity contribution in [3.63, 3.8) is 0 Å². The van der Waals surface area contributed by atoms with Crippen LogP contribution < -0.4 is 0 Å². The summed E-state index contributed by atoms with van der Waals surface area (Å²) in [4.78, 5) is 40.0. The van der Waals surface area contributed by atoms with Gasteiger partial charge in [-0.25, -0.2) is 0 Å². The van der Waals surface area contributed by atoms with Gasteiger partial charge < -0.3 is 4.90 Å². The smallest absolute Gasteiger partial charge is 0.233 e. The largest absolute Gasteiger partial charge is 0.345 e. The number of fused-ring (bicyclic) bond motifs is 1. The predicted molar refractivity (Wildman–Crippen MR) is 81.8 cm³/mol. The van der Waals surface area contributed by atoms with Crippen LogP contribution in [0, 0.1) is 17.8 Å².